The maximum Gasteiger partial charge on any atom is 0.323 e. The van der Waals surface area contributed by atoms with Crippen LogP contribution >= 0.6 is 0 Å². The van der Waals surface area contributed by atoms with E-state index in [1.54, 1.807) is 19.0 Å². The number of nitrogens with zero attached hydrogens (tertiary/aromatic N) is 3. The number of methoxy groups -OCH3 is 1. The SMILES string of the molecule is CCOC(=O)[C@@H]1CCCCN1CC(=O)N1N=C(c2cccc(C)c2)C[C@@H]1c1ccc(OC)cc1. The molecule has 2 heterocycles. The molecule has 1 fully saturated rings. The third-order valence-corrected chi connectivity index (χ3v) is 6.53. The summed E-state index contributed by atoms with van der Waals surface area (Å²) >= 11 is 0. The molecule has 34 heavy (non-hydrogen) atoms. The van der Waals surface area contributed by atoms with Gasteiger partial charge in [0.2, 0.25) is 0 Å². The summed E-state index contributed by atoms with van der Waals surface area (Å²) in [4.78, 5) is 28.0. The van der Waals surface area contributed by atoms with Crippen LogP contribution in [0.25, 0.3) is 0 Å². The van der Waals surface area contributed by atoms with Gasteiger partial charge in [-0.25, -0.2) is 5.01 Å². The van der Waals surface area contributed by atoms with Crippen LogP contribution in [0.4, 0.5) is 0 Å². The molecule has 0 aromatic heterocycles. The topological polar surface area (TPSA) is 71.4 Å². The second-order valence-corrected chi connectivity index (χ2v) is 8.88. The van der Waals surface area contributed by atoms with E-state index in [9.17, 15) is 9.59 Å². The van der Waals surface area contributed by atoms with E-state index in [4.69, 9.17) is 14.6 Å². The molecular weight excluding hydrogens is 430 g/mol. The minimum atomic E-state index is -0.375. The molecule has 7 heteroatoms. The van der Waals surface area contributed by atoms with Gasteiger partial charge in [0.25, 0.3) is 5.91 Å². The Kier molecular flexibility index (Phi) is 7.63. The molecule has 0 N–H and O–H groups in total. The lowest BCUT2D eigenvalue weighted by Crippen LogP contribution is -2.49. The summed E-state index contributed by atoms with van der Waals surface area (Å²) in [6, 6.07) is 15.4. The second kappa shape index (κ2) is 10.8. The van der Waals surface area contributed by atoms with Crippen LogP contribution in [0.5, 0.6) is 5.75 Å². The number of aryl methyl sites for hydroxylation is 1. The van der Waals surface area contributed by atoms with Crippen LogP contribution in [0.2, 0.25) is 0 Å². The van der Waals surface area contributed by atoms with Gasteiger partial charge in [-0.1, -0.05) is 48.4 Å². The van der Waals surface area contributed by atoms with E-state index in [2.05, 4.69) is 19.1 Å². The predicted molar refractivity (Wildman–Crippen MR) is 131 cm³/mol. The van der Waals surface area contributed by atoms with Gasteiger partial charge in [0.1, 0.15) is 11.8 Å². The Morgan fingerprint density at radius 2 is 1.91 bits per heavy atom. The van der Waals surface area contributed by atoms with Gasteiger partial charge in [0.05, 0.1) is 32.0 Å². The summed E-state index contributed by atoms with van der Waals surface area (Å²) in [6.45, 7) is 5.04. The molecule has 2 aromatic rings. The highest BCUT2D eigenvalue weighted by Gasteiger charge is 2.37. The molecule has 180 valence electrons. The maximum absolute atomic E-state index is 13.6. The summed E-state index contributed by atoms with van der Waals surface area (Å²) in [5.74, 6) is 0.414. The highest BCUT2D eigenvalue weighted by molar-refractivity contribution is 6.03. The average molecular weight is 464 g/mol. The zero-order chi connectivity index (χ0) is 24.1. The summed E-state index contributed by atoms with van der Waals surface area (Å²) in [7, 11) is 1.64. The zero-order valence-electron chi connectivity index (χ0n) is 20.2. The molecule has 0 unspecified atom stereocenters. The number of likely N-dealkylation sites (tertiary alicyclic amines) is 1. The smallest absolute Gasteiger partial charge is 0.323 e. The van der Waals surface area contributed by atoms with Crippen LogP contribution in [0.3, 0.4) is 0 Å². The van der Waals surface area contributed by atoms with Gasteiger partial charge in [-0.2, -0.15) is 5.10 Å². The number of ether oxygens (including phenoxy) is 2. The molecule has 2 aliphatic heterocycles. The minimum Gasteiger partial charge on any atom is -0.497 e. The van der Waals surface area contributed by atoms with E-state index in [0.29, 0.717) is 26.0 Å². The molecule has 2 aliphatic rings. The molecule has 1 amide bonds. The van der Waals surface area contributed by atoms with E-state index in [1.165, 1.54) is 0 Å². The molecule has 0 radical (unpaired) electrons. The number of hydrogen-bond acceptors (Lipinski definition) is 6. The van der Waals surface area contributed by atoms with Crippen LogP contribution in [0, 0.1) is 6.92 Å². The van der Waals surface area contributed by atoms with Crippen molar-refractivity contribution in [1.29, 1.82) is 0 Å². The van der Waals surface area contributed by atoms with Gasteiger partial charge in [0, 0.05) is 6.42 Å². The van der Waals surface area contributed by atoms with Crippen molar-refractivity contribution in [2.24, 2.45) is 5.10 Å². The van der Waals surface area contributed by atoms with E-state index in [-0.39, 0.29) is 30.5 Å². The number of esters is 1. The fourth-order valence-electron chi connectivity index (χ4n) is 4.76. The maximum atomic E-state index is 13.6. The van der Waals surface area contributed by atoms with Crippen molar-refractivity contribution in [2.75, 3.05) is 26.8 Å². The number of rotatable bonds is 7. The van der Waals surface area contributed by atoms with E-state index in [0.717, 1.165) is 41.0 Å². The molecule has 4 rings (SSSR count). The zero-order valence-corrected chi connectivity index (χ0v) is 20.2. The van der Waals surface area contributed by atoms with Crippen molar-refractivity contribution in [3.8, 4) is 5.75 Å². The third kappa shape index (κ3) is 5.30. The lowest BCUT2D eigenvalue weighted by atomic mass is 9.97. The predicted octanol–water partition coefficient (Wildman–Crippen LogP) is 4.10. The van der Waals surface area contributed by atoms with Crippen LogP contribution in [0.1, 0.15) is 55.3 Å². The third-order valence-electron chi connectivity index (χ3n) is 6.53. The van der Waals surface area contributed by atoms with E-state index < -0.39 is 0 Å². The first-order valence-electron chi connectivity index (χ1n) is 12.0. The fourth-order valence-corrected chi connectivity index (χ4v) is 4.76. The first-order chi connectivity index (χ1) is 16.5. The molecule has 7 nitrogen and oxygen atoms in total. The molecule has 2 aromatic carbocycles. The standard InChI is InChI=1S/C27H33N3O4/c1-4-34-27(32)24-10-5-6-15-29(24)18-26(31)30-25(20-11-13-22(33-3)14-12-20)17-23(28-30)21-9-7-8-19(2)16-21/h7-9,11-14,16,24-25H,4-6,10,15,17-18H2,1-3H3/t24-,25+/m0/s1. The van der Waals surface area contributed by atoms with Crippen LogP contribution in [-0.2, 0) is 14.3 Å². The first-order valence-corrected chi connectivity index (χ1v) is 12.0. The van der Waals surface area contributed by atoms with Gasteiger partial charge >= 0.3 is 5.97 Å². The normalized spacial score (nSPS) is 20.7. The molecule has 0 spiro atoms. The molecular formula is C27H33N3O4. The van der Waals surface area contributed by atoms with E-state index in [1.807, 2.05) is 41.3 Å². The van der Waals surface area contributed by atoms with Gasteiger partial charge in [-0.3, -0.25) is 14.5 Å². The van der Waals surface area contributed by atoms with Crippen LogP contribution in [0.15, 0.2) is 53.6 Å². The number of hydrazone groups is 1. The number of benzene rings is 2. The summed E-state index contributed by atoms with van der Waals surface area (Å²) in [5.41, 5.74) is 4.06. The van der Waals surface area contributed by atoms with Crippen molar-refractivity contribution in [3.63, 3.8) is 0 Å². The molecule has 0 aliphatic carbocycles. The number of amides is 1. The molecule has 2 atom stereocenters. The molecule has 1 saturated heterocycles. The van der Waals surface area contributed by atoms with Crippen molar-refractivity contribution in [3.05, 3.63) is 65.2 Å². The van der Waals surface area contributed by atoms with E-state index >= 15 is 0 Å². The number of hydrogen-bond donors (Lipinski definition) is 0. The number of carbonyl (C=O) groups is 2. The first kappa shape index (κ1) is 24.0. The molecule has 0 bridgehead atoms. The van der Waals surface area contributed by atoms with Gasteiger partial charge in [0.15, 0.2) is 0 Å². The van der Waals surface area contributed by atoms with Gasteiger partial charge in [-0.05, 0) is 56.5 Å². The Hall–Kier alpha value is -3.19. The Balaban J connectivity index is 1.60. The Labute approximate surface area is 201 Å². The number of carbonyl (C=O) groups excluding carboxylic acids is 2. The highest BCUT2D eigenvalue weighted by Crippen LogP contribution is 2.34. The number of piperidine rings is 1. The second-order valence-electron chi connectivity index (χ2n) is 8.88. The van der Waals surface area contributed by atoms with Crippen molar-refractivity contribution < 1.29 is 19.1 Å². The fraction of sp³-hybridized carbons (Fsp3) is 0.444. The summed E-state index contributed by atoms with van der Waals surface area (Å²) < 4.78 is 10.6. The molecule has 0 saturated carbocycles. The minimum absolute atomic E-state index is 0.111. The van der Waals surface area contributed by atoms with Gasteiger partial charge < -0.3 is 9.47 Å². The monoisotopic (exact) mass is 463 g/mol. The van der Waals surface area contributed by atoms with Crippen LogP contribution in [-0.4, -0.2) is 60.3 Å². The summed E-state index contributed by atoms with van der Waals surface area (Å²) in [5, 5.41) is 6.41. The van der Waals surface area contributed by atoms with Crippen LogP contribution < -0.4 is 4.74 Å². The van der Waals surface area contributed by atoms with Crippen molar-refractivity contribution in [2.45, 2.75) is 51.6 Å². The Morgan fingerprint density at radius 1 is 1.12 bits per heavy atom. The lowest BCUT2D eigenvalue weighted by Gasteiger charge is -2.34. The van der Waals surface area contributed by atoms with Gasteiger partial charge in [-0.15, -0.1) is 0 Å². The largest absolute Gasteiger partial charge is 0.497 e. The Morgan fingerprint density at radius 3 is 2.62 bits per heavy atom. The summed E-state index contributed by atoms with van der Waals surface area (Å²) in [6.07, 6.45) is 3.26. The Bertz CT molecular complexity index is 1050. The van der Waals surface area contributed by atoms with Crippen molar-refractivity contribution >= 4 is 17.6 Å². The lowest BCUT2D eigenvalue weighted by molar-refractivity contribution is -0.152. The average Bonchev–Trinajstić information content (AvgIpc) is 3.30. The van der Waals surface area contributed by atoms with Crippen molar-refractivity contribution in [1.82, 2.24) is 9.91 Å². The quantitative estimate of drug-likeness (QED) is 0.578. The highest BCUT2D eigenvalue weighted by atomic mass is 16.5.